The lowest BCUT2D eigenvalue weighted by Crippen LogP contribution is -2.44. The SMILES string of the molecule is CCOC(=O)Cn1ccc2cc(C(=O)N3CCC4(CC3)CCN(c3ccncc3)C4)ccc21. The lowest BCUT2D eigenvalue weighted by Gasteiger charge is -2.39. The van der Waals surface area contributed by atoms with Crippen molar-refractivity contribution in [3.8, 4) is 0 Å². The van der Waals surface area contributed by atoms with Gasteiger partial charge in [0.25, 0.3) is 5.91 Å². The van der Waals surface area contributed by atoms with Gasteiger partial charge in [0.2, 0.25) is 0 Å². The number of carbonyl (C=O) groups excluding carboxylic acids is 2. The Morgan fingerprint density at radius 3 is 2.55 bits per heavy atom. The summed E-state index contributed by atoms with van der Waals surface area (Å²) in [6.45, 7) is 6.06. The molecule has 5 rings (SSSR count). The monoisotopic (exact) mass is 446 g/mol. The number of piperidine rings is 1. The zero-order chi connectivity index (χ0) is 22.8. The first kappa shape index (κ1) is 21.5. The molecule has 7 heteroatoms. The summed E-state index contributed by atoms with van der Waals surface area (Å²) in [4.78, 5) is 33.6. The molecule has 4 heterocycles. The molecular weight excluding hydrogens is 416 g/mol. The minimum absolute atomic E-state index is 0.0916. The van der Waals surface area contributed by atoms with Crippen LogP contribution in [0.15, 0.2) is 55.0 Å². The van der Waals surface area contributed by atoms with Crippen LogP contribution >= 0.6 is 0 Å². The highest BCUT2D eigenvalue weighted by Crippen LogP contribution is 2.42. The van der Waals surface area contributed by atoms with Gasteiger partial charge in [0, 0.05) is 66.9 Å². The van der Waals surface area contributed by atoms with Crippen LogP contribution in [0.25, 0.3) is 10.9 Å². The summed E-state index contributed by atoms with van der Waals surface area (Å²) in [5.41, 5.74) is 3.18. The zero-order valence-electron chi connectivity index (χ0n) is 19.1. The van der Waals surface area contributed by atoms with Crippen molar-refractivity contribution >= 4 is 28.5 Å². The molecule has 33 heavy (non-hydrogen) atoms. The molecule has 2 saturated heterocycles. The molecule has 7 nitrogen and oxygen atoms in total. The number of amides is 1. The Morgan fingerprint density at radius 2 is 1.79 bits per heavy atom. The summed E-state index contributed by atoms with van der Waals surface area (Å²) in [5.74, 6) is -0.166. The molecule has 0 unspecified atom stereocenters. The predicted octanol–water partition coefficient (Wildman–Crippen LogP) is 3.73. The van der Waals surface area contributed by atoms with E-state index in [1.807, 2.05) is 52.3 Å². The second-order valence-corrected chi connectivity index (χ2v) is 9.19. The van der Waals surface area contributed by atoms with Crippen LogP contribution in [0.4, 0.5) is 5.69 Å². The maximum atomic E-state index is 13.2. The molecule has 2 aliphatic rings. The van der Waals surface area contributed by atoms with Gasteiger partial charge in [-0.1, -0.05) is 0 Å². The third kappa shape index (κ3) is 4.32. The quantitative estimate of drug-likeness (QED) is 0.559. The van der Waals surface area contributed by atoms with Crippen molar-refractivity contribution in [1.82, 2.24) is 14.5 Å². The number of fused-ring (bicyclic) bond motifs is 1. The van der Waals surface area contributed by atoms with Crippen LogP contribution in [-0.2, 0) is 16.1 Å². The molecule has 1 aromatic carbocycles. The van der Waals surface area contributed by atoms with Crippen LogP contribution in [-0.4, -0.2) is 59.1 Å². The fraction of sp³-hybridized carbons (Fsp3) is 0.423. The van der Waals surface area contributed by atoms with Crippen LogP contribution < -0.4 is 4.90 Å². The Bertz CT molecular complexity index is 1150. The zero-order valence-corrected chi connectivity index (χ0v) is 19.1. The molecule has 2 fully saturated rings. The average Bonchev–Trinajstić information content (AvgIpc) is 3.44. The molecule has 2 aliphatic heterocycles. The fourth-order valence-electron chi connectivity index (χ4n) is 5.30. The maximum Gasteiger partial charge on any atom is 0.325 e. The first-order valence-corrected chi connectivity index (χ1v) is 11.8. The molecular formula is C26H30N4O3. The summed E-state index contributed by atoms with van der Waals surface area (Å²) >= 11 is 0. The lowest BCUT2D eigenvalue weighted by molar-refractivity contribution is -0.143. The van der Waals surface area contributed by atoms with Gasteiger partial charge >= 0.3 is 5.97 Å². The van der Waals surface area contributed by atoms with Crippen LogP contribution in [0.1, 0.15) is 36.5 Å². The highest BCUT2D eigenvalue weighted by atomic mass is 16.5. The van der Waals surface area contributed by atoms with Crippen molar-refractivity contribution in [1.29, 1.82) is 0 Å². The van der Waals surface area contributed by atoms with E-state index < -0.39 is 0 Å². The minimum Gasteiger partial charge on any atom is -0.465 e. The second kappa shape index (κ2) is 8.89. The fourth-order valence-corrected chi connectivity index (χ4v) is 5.30. The van der Waals surface area contributed by atoms with Crippen molar-refractivity contribution < 1.29 is 14.3 Å². The second-order valence-electron chi connectivity index (χ2n) is 9.19. The number of nitrogens with zero attached hydrogens (tertiary/aromatic N) is 4. The molecule has 0 aliphatic carbocycles. The standard InChI is InChI=1S/C26H30N4O3/c1-2-33-24(31)18-29-13-7-20-17-21(3-4-23(20)29)25(32)28-14-8-26(9-15-28)10-16-30(19-26)22-5-11-27-12-6-22/h3-7,11-13,17H,2,8-10,14-16,18-19H2,1H3. The molecule has 0 N–H and O–H groups in total. The first-order valence-electron chi connectivity index (χ1n) is 11.8. The van der Waals surface area contributed by atoms with Gasteiger partial charge in [-0.05, 0) is 68.0 Å². The Kier molecular flexibility index (Phi) is 5.79. The molecule has 1 spiro atoms. The molecule has 2 aromatic heterocycles. The number of hydrogen-bond acceptors (Lipinski definition) is 5. The summed E-state index contributed by atoms with van der Waals surface area (Å²) in [6.07, 6.45) is 8.83. The van der Waals surface area contributed by atoms with E-state index in [4.69, 9.17) is 4.74 Å². The van der Waals surface area contributed by atoms with Gasteiger partial charge in [-0.3, -0.25) is 14.6 Å². The number of ether oxygens (including phenoxy) is 1. The summed E-state index contributed by atoms with van der Waals surface area (Å²) in [5, 5.41) is 0.961. The van der Waals surface area contributed by atoms with Crippen molar-refractivity contribution in [2.45, 2.75) is 32.7 Å². The van der Waals surface area contributed by atoms with Crippen molar-refractivity contribution in [2.24, 2.45) is 5.41 Å². The van der Waals surface area contributed by atoms with E-state index in [9.17, 15) is 9.59 Å². The summed E-state index contributed by atoms with van der Waals surface area (Å²) < 4.78 is 6.91. The third-order valence-corrected chi connectivity index (χ3v) is 7.20. The van der Waals surface area contributed by atoms with Gasteiger partial charge in [-0.25, -0.2) is 0 Å². The van der Waals surface area contributed by atoms with Crippen molar-refractivity contribution in [3.05, 3.63) is 60.6 Å². The summed E-state index contributed by atoms with van der Waals surface area (Å²) in [7, 11) is 0. The first-order chi connectivity index (χ1) is 16.1. The van der Waals surface area contributed by atoms with E-state index in [2.05, 4.69) is 22.0 Å². The van der Waals surface area contributed by atoms with Gasteiger partial charge in [0.15, 0.2) is 0 Å². The molecule has 3 aromatic rings. The number of hydrogen-bond donors (Lipinski definition) is 0. The summed E-state index contributed by atoms with van der Waals surface area (Å²) in [6, 6.07) is 11.8. The normalized spacial score (nSPS) is 17.6. The Morgan fingerprint density at radius 1 is 1.03 bits per heavy atom. The minimum atomic E-state index is -0.258. The number of pyridine rings is 1. The Hall–Kier alpha value is -3.35. The number of rotatable bonds is 5. The van der Waals surface area contributed by atoms with Crippen LogP contribution in [0.3, 0.4) is 0 Å². The van der Waals surface area contributed by atoms with E-state index in [0.29, 0.717) is 17.6 Å². The number of benzene rings is 1. The van der Waals surface area contributed by atoms with Gasteiger partial charge < -0.3 is 19.1 Å². The van der Waals surface area contributed by atoms with Gasteiger partial charge in [-0.2, -0.15) is 0 Å². The van der Waals surface area contributed by atoms with E-state index in [1.165, 1.54) is 12.1 Å². The largest absolute Gasteiger partial charge is 0.465 e. The molecule has 0 bridgehead atoms. The number of carbonyl (C=O) groups is 2. The Balaban J connectivity index is 1.22. The van der Waals surface area contributed by atoms with Gasteiger partial charge in [-0.15, -0.1) is 0 Å². The predicted molar refractivity (Wildman–Crippen MR) is 127 cm³/mol. The maximum absolute atomic E-state index is 13.2. The number of aromatic nitrogens is 2. The number of anilines is 1. The molecule has 0 saturated carbocycles. The Labute approximate surface area is 193 Å². The molecule has 1 amide bonds. The molecule has 172 valence electrons. The van der Waals surface area contributed by atoms with Crippen molar-refractivity contribution in [2.75, 3.05) is 37.7 Å². The van der Waals surface area contributed by atoms with Crippen molar-refractivity contribution in [3.63, 3.8) is 0 Å². The average molecular weight is 447 g/mol. The van der Waals surface area contributed by atoms with Crippen LogP contribution in [0.2, 0.25) is 0 Å². The van der Waals surface area contributed by atoms with E-state index >= 15 is 0 Å². The number of likely N-dealkylation sites (tertiary alicyclic amines) is 1. The smallest absolute Gasteiger partial charge is 0.325 e. The third-order valence-electron chi connectivity index (χ3n) is 7.20. The van der Waals surface area contributed by atoms with E-state index in [0.717, 1.165) is 49.9 Å². The number of esters is 1. The van der Waals surface area contributed by atoms with Crippen LogP contribution in [0, 0.1) is 5.41 Å². The van der Waals surface area contributed by atoms with Crippen LogP contribution in [0.5, 0.6) is 0 Å². The highest BCUT2D eigenvalue weighted by molar-refractivity contribution is 5.98. The topological polar surface area (TPSA) is 67.7 Å². The lowest BCUT2D eigenvalue weighted by atomic mass is 9.77. The van der Waals surface area contributed by atoms with Gasteiger partial charge in [0.05, 0.1) is 6.61 Å². The highest BCUT2D eigenvalue weighted by Gasteiger charge is 2.41. The molecule has 0 radical (unpaired) electrons. The van der Waals surface area contributed by atoms with E-state index in [-0.39, 0.29) is 18.4 Å². The van der Waals surface area contributed by atoms with E-state index in [1.54, 1.807) is 6.92 Å². The van der Waals surface area contributed by atoms with Gasteiger partial charge in [0.1, 0.15) is 6.54 Å². The molecule has 0 atom stereocenters.